The molecule has 0 saturated carbocycles. The Kier molecular flexibility index (Phi) is 16.4. The minimum absolute atomic E-state index is 0.0303. The zero-order valence-electron chi connectivity index (χ0n) is 37.0. The van der Waals surface area contributed by atoms with E-state index in [1.165, 1.54) is 0 Å². The lowest BCUT2D eigenvalue weighted by molar-refractivity contribution is -0.275. The van der Waals surface area contributed by atoms with Gasteiger partial charge in [0.2, 0.25) is 0 Å². The summed E-state index contributed by atoms with van der Waals surface area (Å²) in [7, 11) is 0. The smallest absolute Gasteiger partial charge is 0.408 e. The molecule has 0 radical (unpaired) electrons. The minimum atomic E-state index is -1.12. The van der Waals surface area contributed by atoms with E-state index in [9.17, 15) is 9.59 Å². The molecule has 1 aliphatic heterocycles. The number of hydrogen-bond acceptors (Lipinski definition) is 9. The van der Waals surface area contributed by atoms with Crippen LogP contribution in [0.5, 0.6) is 0 Å². The number of ether oxygens (including phenoxy) is 7. The lowest BCUT2D eigenvalue weighted by Gasteiger charge is -2.46. The molecule has 1 unspecified atom stereocenters. The van der Waals surface area contributed by atoms with Crippen LogP contribution < -0.4 is 5.32 Å². The molecule has 0 bridgehead atoms. The van der Waals surface area contributed by atoms with Gasteiger partial charge in [-0.2, -0.15) is 0 Å². The van der Waals surface area contributed by atoms with Crippen LogP contribution in [0.1, 0.15) is 52.1 Å². The number of aromatic amines is 1. The van der Waals surface area contributed by atoms with Gasteiger partial charge in [0.25, 0.3) is 0 Å². The summed E-state index contributed by atoms with van der Waals surface area (Å²) in [4.78, 5) is 30.9. The molecule has 6 aromatic carbocycles. The Morgan fingerprint density at radius 3 is 1.58 bits per heavy atom. The molecule has 0 aliphatic carbocycles. The third kappa shape index (κ3) is 12.4. The SMILES string of the molecule is CCOC(=O)C(Cc1c([C@H]2O[C@H](COCc3ccccc3)[C@@H](OCc3ccccc3)[C@H](OCc3ccccc3)[C@@H]2OCc2ccccc2)[nH]c2ccccc12)NC(=O)OCc1ccccc1. The number of H-pyrrole nitrogens is 1. The van der Waals surface area contributed by atoms with Crippen molar-refractivity contribution in [3.63, 3.8) is 0 Å². The standard InChI is InChI=1S/C55H56N2O9/c1-2-61-54(58)47(57-55(59)65-37-43-28-16-7-17-29-43)32-45-44-30-18-19-31-46(44)56-49(45)51-53(64-36-42-26-14-6-15-27-42)52(63-35-41-24-12-5-13-25-41)50(62-34-40-22-10-4-11-23-40)48(66-51)38-60-33-39-20-8-3-9-21-39/h3-31,47-48,50-53,56H,2,32-38H2,1H3,(H,57,59)/t47?,48-,50-,51-,52+,53-/m1/s1. The maximum Gasteiger partial charge on any atom is 0.408 e. The molecule has 8 rings (SSSR count). The molecule has 7 aromatic rings. The second kappa shape index (κ2) is 23.5. The third-order valence-corrected chi connectivity index (χ3v) is 11.5. The summed E-state index contributed by atoms with van der Waals surface area (Å²) in [5.74, 6) is -0.600. The van der Waals surface area contributed by atoms with Crippen molar-refractivity contribution in [2.75, 3.05) is 13.2 Å². The summed E-state index contributed by atoms with van der Waals surface area (Å²) < 4.78 is 46.0. The van der Waals surface area contributed by atoms with Crippen LogP contribution in [0.25, 0.3) is 10.9 Å². The van der Waals surface area contributed by atoms with Crippen LogP contribution in [-0.4, -0.2) is 60.7 Å². The van der Waals surface area contributed by atoms with Crippen molar-refractivity contribution in [3.05, 3.63) is 215 Å². The number of fused-ring (bicyclic) bond motifs is 1. The van der Waals surface area contributed by atoms with Gasteiger partial charge < -0.3 is 43.5 Å². The monoisotopic (exact) mass is 888 g/mol. The molecule has 1 amide bonds. The fourth-order valence-corrected chi connectivity index (χ4v) is 8.25. The number of para-hydroxylation sites is 1. The summed E-state index contributed by atoms with van der Waals surface area (Å²) in [6.45, 7) is 3.20. The first-order valence-corrected chi connectivity index (χ1v) is 22.5. The van der Waals surface area contributed by atoms with Gasteiger partial charge in [-0.25, -0.2) is 9.59 Å². The van der Waals surface area contributed by atoms with E-state index in [0.717, 1.165) is 44.3 Å². The third-order valence-electron chi connectivity index (χ3n) is 11.5. The lowest BCUT2D eigenvalue weighted by Crippen LogP contribution is -2.58. The van der Waals surface area contributed by atoms with E-state index in [2.05, 4.69) is 10.3 Å². The van der Waals surface area contributed by atoms with Gasteiger partial charge in [-0.05, 0) is 46.4 Å². The summed E-state index contributed by atoms with van der Waals surface area (Å²) in [5, 5.41) is 3.66. The van der Waals surface area contributed by atoms with Crippen LogP contribution >= 0.6 is 0 Å². The van der Waals surface area contributed by atoms with E-state index in [1.807, 2.05) is 176 Å². The van der Waals surface area contributed by atoms with Gasteiger partial charge in [0, 0.05) is 17.3 Å². The Morgan fingerprint density at radius 2 is 1.03 bits per heavy atom. The molecular weight excluding hydrogens is 833 g/mol. The van der Waals surface area contributed by atoms with Crippen molar-refractivity contribution < 1.29 is 42.7 Å². The highest BCUT2D eigenvalue weighted by Gasteiger charge is 2.50. The first-order valence-electron chi connectivity index (χ1n) is 22.5. The lowest BCUT2D eigenvalue weighted by atomic mass is 9.89. The van der Waals surface area contributed by atoms with Gasteiger partial charge in [-0.1, -0.05) is 170 Å². The molecule has 1 fully saturated rings. The van der Waals surface area contributed by atoms with Gasteiger partial charge in [-0.15, -0.1) is 0 Å². The van der Waals surface area contributed by atoms with Gasteiger partial charge >= 0.3 is 12.1 Å². The molecule has 340 valence electrons. The number of rotatable bonds is 21. The van der Waals surface area contributed by atoms with Gasteiger partial charge in [0.1, 0.15) is 43.2 Å². The molecule has 0 spiro atoms. The average Bonchev–Trinajstić information content (AvgIpc) is 3.73. The Bertz CT molecular complexity index is 2540. The van der Waals surface area contributed by atoms with Crippen LogP contribution in [-0.2, 0) is 77.4 Å². The Balaban J connectivity index is 1.19. The van der Waals surface area contributed by atoms with Crippen LogP contribution in [0, 0.1) is 0 Å². The summed E-state index contributed by atoms with van der Waals surface area (Å²) in [6, 6.07) is 56.0. The Labute approximate surface area is 385 Å². The molecular formula is C55H56N2O9. The molecule has 1 aromatic heterocycles. The van der Waals surface area contributed by atoms with Crippen molar-refractivity contribution in [3.8, 4) is 0 Å². The summed E-state index contributed by atoms with van der Waals surface area (Å²) in [5.41, 5.74) is 6.97. The number of alkyl carbamates (subject to hydrolysis) is 1. The largest absolute Gasteiger partial charge is 0.464 e. The van der Waals surface area contributed by atoms with E-state index in [-0.39, 0.29) is 46.1 Å². The van der Waals surface area contributed by atoms with E-state index < -0.39 is 48.6 Å². The van der Waals surface area contributed by atoms with E-state index in [4.69, 9.17) is 33.2 Å². The molecule has 1 saturated heterocycles. The van der Waals surface area contributed by atoms with E-state index in [1.54, 1.807) is 6.92 Å². The number of aromatic nitrogens is 1. The molecule has 11 heteroatoms. The molecule has 1 aliphatic rings. The van der Waals surface area contributed by atoms with Crippen LogP contribution in [0.3, 0.4) is 0 Å². The predicted molar refractivity (Wildman–Crippen MR) is 251 cm³/mol. The molecule has 2 N–H and O–H groups in total. The van der Waals surface area contributed by atoms with Gasteiger partial charge in [0.15, 0.2) is 0 Å². The number of carbonyl (C=O) groups is 2. The highest BCUT2D eigenvalue weighted by Crippen LogP contribution is 2.41. The predicted octanol–water partition coefficient (Wildman–Crippen LogP) is 9.98. The van der Waals surface area contributed by atoms with Crippen molar-refractivity contribution in [1.82, 2.24) is 10.3 Å². The van der Waals surface area contributed by atoms with E-state index >= 15 is 0 Å². The maximum absolute atomic E-state index is 13.8. The van der Waals surface area contributed by atoms with Crippen molar-refractivity contribution in [2.24, 2.45) is 0 Å². The van der Waals surface area contributed by atoms with Crippen molar-refractivity contribution in [1.29, 1.82) is 0 Å². The normalized spacial score (nSPS) is 18.7. The number of hydrogen-bond donors (Lipinski definition) is 2. The molecule has 2 heterocycles. The summed E-state index contributed by atoms with van der Waals surface area (Å²) in [6.07, 6.45) is -4.31. The quantitative estimate of drug-likeness (QED) is 0.0679. The average molecular weight is 889 g/mol. The fourth-order valence-electron chi connectivity index (χ4n) is 8.25. The number of amides is 1. The highest BCUT2D eigenvalue weighted by molar-refractivity contribution is 5.87. The second-order valence-corrected chi connectivity index (χ2v) is 16.2. The second-order valence-electron chi connectivity index (χ2n) is 16.2. The Morgan fingerprint density at radius 1 is 0.561 bits per heavy atom. The number of nitrogens with one attached hydrogen (secondary N) is 2. The first-order chi connectivity index (χ1) is 32.5. The minimum Gasteiger partial charge on any atom is -0.464 e. The molecule has 6 atom stereocenters. The topological polar surface area (TPSA) is 127 Å². The van der Waals surface area contributed by atoms with Gasteiger partial charge in [0.05, 0.1) is 45.3 Å². The number of carbonyl (C=O) groups excluding carboxylic acids is 2. The van der Waals surface area contributed by atoms with Gasteiger partial charge in [-0.3, -0.25) is 0 Å². The van der Waals surface area contributed by atoms with E-state index in [0.29, 0.717) is 12.3 Å². The van der Waals surface area contributed by atoms with Crippen molar-refractivity contribution in [2.45, 2.75) is 82.9 Å². The number of esters is 1. The fraction of sp³-hybridized carbons (Fsp3) is 0.273. The van der Waals surface area contributed by atoms with Crippen LogP contribution in [0.4, 0.5) is 4.79 Å². The van der Waals surface area contributed by atoms with Crippen LogP contribution in [0.2, 0.25) is 0 Å². The first kappa shape index (κ1) is 45.9. The highest BCUT2D eigenvalue weighted by atomic mass is 16.6. The Hall–Kier alpha value is -6.60. The zero-order chi connectivity index (χ0) is 45.3. The summed E-state index contributed by atoms with van der Waals surface area (Å²) >= 11 is 0. The zero-order valence-corrected chi connectivity index (χ0v) is 37.0. The molecule has 66 heavy (non-hydrogen) atoms. The molecule has 11 nitrogen and oxygen atoms in total. The number of benzene rings is 6. The maximum atomic E-state index is 13.8. The van der Waals surface area contributed by atoms with Crippen LogP contribution in [0.15, 0.2) is 176 Å². The van der Waals surface area contributed by atoms with Crippen molar-refractivity contribution >= 4 is 23.0 Å².